The van der Waals surface area contributed by atoms with E-state index in [2.05, 4.69) is 10.6 Å². The maximum atomic E-state index is 13.1. The fourth-order valence-electron chi connectivity index (χ4n) is 5.67. The molecule has 2 atom stereocenters. The number of hydrogen-bond acceptors (Lipinski definition) is 6. The number of hydrogen-bond donors (Lipinski definition) is 3. The third kappa shape index (κ3) is 7.61. The van der Waals surface area contributed by atoms with Crippen molar-refractivity contribution in [2.45, 2.75) is 57.0 Å². The molecule has 0 heterocycles. The minimum absolute atomic E-state index is 0.0438. The van der Waals surface area contributed by atoms with Gasteiger partial charge in [0, 0.05) is 35.7 Å². The molecule has 2 unspecified atom stereocenters. The highest BCUT2D eigenvalue weighted by molar-refractivity contribution is 6.12. The van der Waals surface area contributed by atoms with Gasteiger partial charge < -0.3 is 20.5 Å². The van der Waals surface area contributed by atoms with Crippen LogP contribution in [0.4, 0.5) is 5.69 Å². The number of para-hydroxylation sites is 1. The van der Waals surface area contributed by atoms with E-state index in [9.17, 15) is 19.5 Å². The largest absolute Gasteiger partial charge is 0.492 e. The number of aliphatic carboxylic acids is 1. The molecule has 3 aromatic rings. The zero-order chi connectivity index (χ0) is 28.6. The van der Waals surface area contributed by atoms with Gasteiger partial charge in [0.1, 0.15) is 18.4 Å². The number of Topliss-reactive ketones (excluding diaryl/α,β-unsaturated/α-hetero) is 1. The van der Waals surface area contributed by atoms with Crippen molar-refractivity contribution < 1.29 is 24.2 Å². The maximum Gasteiger partial charge on any atom is 0.326 e. The summed E-state index contributed by atoms with van der Waals surface area (Å²) in [5, 5.41) is 16.5. The van der Waals surface area contributed by atoms with Gasteiger partial charge in [-0.25, -0.2) is 4.79 Å². The number of ketones is 2. The SMILES string of the molecule is O=C(c1ccccc1)c1ccccc1NC(Cc1ccc(OCCNC(C(=O)C2CCCC2)C2CC2)cc1)C(=O)O. The molecular weight excluding hydrogens is 516 g/mol. The Morgan fingerprint density at radius 3 is 2.22 bits per heavy atom. The second-order valence-corrected chi connectivity index (χ2v) is 11.1. The Morgan fingerprint density at radius 1 is 0.854 bits per heavy atom. The maximum absolute atomic E-state index is 13.1. The topological polar surface area (TPSA) is 105 Å². The highest BCUT2D eigenvalue weighted by atomic mass is 16.5. The van der Waals surface area contributed by atoms with Crippen molar-refractivity contribution >= 4 is 23.2 Å². The van der Waals surface area contributed by atoms with Crippen LogP contribution < -0.4 is 15.4 Å². The number of anilines is 1. The fourth-order valence-corrected chi connectivity index (χ4v) is 5.67. The van der Waals surface area contributed by atoms with Gasteiger partial charge in [0.2, 0.25) is 0 Å². The van der Waals surface area contributed by atoms with Crippen LogP contribution in [-0.4, -0.2) is 47.9 Å². The lowest BCUT2D eigenvalue weighted by Crippen LogP contribution is -2.43. The molecule has 0 spiro atoms. The third-order valence-electron chi connectivity index (χ3n) is 8.09. The fraction of sp³-hybridized carbons (Fsp3) is 0.382. The summed E-state index contributed by atoms with van der Waals surface area (Å²) in [5.41, 5.74) is 2.29. The van der Waals surface area contributed by atoms with E-state index in [0.717, 1.165) is 44.1 Å². The van der Waals surface area contributed by atoms with E-state index in [1.54, 1.807) is 48.5 Å². The molecule has 41 heavy (non-hydrogen) atoms. The van der Waals surface area contributed by atoms with E-state index >= 15 is 0 Å². The van der Waals surface area contributed by atoms with Crippen LogP contribution in [0.25, 0.3) is 0 Å². The smallest absolute Gasteiger partial charge is 0.326 e. The number of carbonyl (C=O) groups excluding carboxylic acids is 2. The minimum Gasteiger partial charge on any atom is -0.492 e. The number of nitrogens with one attached hydrogen (secondary N) is 2. The number of rotatable bonds is 15. The van der Waals surface area contributed by atoms with Crippen molar-refractivity contribution in [3.8, 4) is 5.75 Å². The summed E-state index contributed by atoms with van der Waals surface area (Å²) in [4.78, 5) is 38.1. The Bertz CT molecular complexity index is 1330. The molecule has 0 saturated heterocycles. The lowest BCUT2D eigenvalue weighted by molar-refractivity contribution is -0.137. The first-order valence-electron chi connectivity index (χ1n) is 14.7. The zero-order valence-electron chi connectivity index (χ0n) is 23.3. The van der Waals surface area contributed by atoms with Gasteiger partial charge in [0.25, 0.3) is 0 Å². The Hall–Kier alpha value is -3.97. The number of benzene rings is 3. The van der Waals surface area contributed by atoms with E-state index in [4.69, 9.17) is 4.74 Å². The summed E-state index contributed by atoms with van der Waals surface area (Å²) in [7, 11) is 0. The standard InChI is InChI=1S/C34H38N2O5/c37-32(25-8-2-1-3-9-25)28-12-6-7-13-29(28)36-30(34(39)40)22-23-14-18-27(19-15-23)41-21-20-35-31(24-16-17-24)33(38)26-10-4-5-11-26/h1-3,6-9,12-15,18-19,24,26,30-31,35-36H,4-5,10-11,16-17,20-22H2,(H,39,40). The molecule has 0 aromatic heterocycles. The molecule has 3 N–H and O–H groups in total. The number of carboxylic acids is 1. The Balaban J connectivity index is 1.14. The van der Waals surface area contributed by atoms with E-state index in [0.29, 0.717) is 47.4 Å². The molecular formula is C34H38N2O5. The molecule has 2 saturated carbocycles. The number of ether oxygens (including phenoxy) is 1. The van der Waals surface area contributed by atoms with Gasteiger partial charge in [-0.15, -0.1) is 0 Å². The summed E-state index contributed by atoms with van der Waals surface area (Å²) >= 11 is 0. The highest BCUT2D eigenvalue weighted by Crippen LogP contribution is 2.36. The Kier molecular flexibility index (Phi) is 9.47. The summed E-state index contributed by atoms with van der Waals surface area (Å²) in [6.45, 7) is 1.06. The van der Waals surface area contributed by atoms with E-state index in [1.807, 2.05) is 30.3 Å². The molecule has 7 nitrogen and oxygen atoms in total. The summed E-state index contributed by atoms with van der Waals surface area (Å²) in [5.74, 6) is 0.614. The van der Waals surface area contributed by atoms with Crippen molar-refractivity contribution in [3.63, 3.8) is 0 Å². The lowest BCUT2D eigenvalue weighted by atomic mass is 9.94. The average Bonchev–Trinajstić information content (AvgIpc) is 3.69. The normalized spacial score (nSPS) is 16.6. The second kappa shape index (κ2) is 13.6. The first-order chi connectivity index (χ1) is 20.0. The van der Waals surface area contributed by atoms with Gasteiger partial charge in [-0.3, -0.25) is 9.59 Å². The number of carbonyl (C=O) groups is 3. The van der Waals surface area contributed by atoms with Crippen LogP contribution in [-0.2, 0) is 16.0 Å². The summed E-state index contributed by atoms with van der Waals surface area (Å²) in [6, 6.07) is 22.3. The van der Waals surface area contributed by atoms with E-state index in [1.165, 1.54) is 0 Å². The first kappa shape index (κ1) is 28.6. The summed E-state index contributed by atoms with van der Waals surface area (Å²) in [6.07, 6.45) is 6.87. The predicted molar refractivity (Wildman–Crippen MR) is 158 cm³/mol. The molecule has 0 bridgehead atoms. The lowest BCUT2D eigenvalue weighted by Gasteiger charge is -2.21. The van der Waals surface area contributed by atoms with Gasteiger partial charge in [0.15, 0.2) is 11.6 Å². The number of carboxylic acid groups (broad SMARTS) is 1. The minimum atomic E-state index is -1.00. The molecule has 5 rings (SSSR count). The van der Waals surface area contributed by atoms with Crippen LogP contribution in [0.1, 0.15) is 60.0 Å². The van der Waals surface area contributed by atoms with Gasteiger partial charge in [-0.05, 0) is 61.4 Å². The van der Waals surface area contributed by atoms with Crippen molar-refractivity contribution in [1.82, 2.24) is 5.32 Å². The molecule has 214 valence electrons. The van der Waals surface area contributed by atoms with Crippen LogP contribution >= 0.6 is 0 Å². The van der Waals surface area contributed by atoms with Crippen molar-refractivity contribution in [2.75, 3.05) is 18.5 Å². The monoisotopic (exact) mass is 554 g/mol. The van der Waals surface area contributed by atoms with Crippen molar-refractivity contribution in [3.05, 3.63) is 95.6 Å². The van der Waals surface area contributed by atoms with Crippen molar-refractivity contribution in [2.24, 2.45) is 11.8 Å². The van der Waals surface area contributed by atoms with Crippen LogP contribution in [0.15, 0.2) is 78.9 Å². The molecule has 2 aliphatic rings. The molecule has 2 aliphatic carbocycles. The molecule has 3 aromatic carbocycles. The molecule has 2 fully saturated rings. The van der Waals surface area contributed by atoms with Crippen LogP contribution in [0.3, 0.4) is 0 Å². The van der Waals surface area contributed by atoms with Gasteiger partial charge >= 0.3 is 5.97 Å². The van der Waals surface area contributed by atoms with Crippen LogP contribution in [0.5, 0.6) is 5.75 Å². The Labute approximate surface area is 241 Å². The average molecular weight is 555 g/mol. The second-order valence-electron chi connectivity index (χ2n) is 11.1. The Morgan fingerprint density at radius 2 is 1.54 bits per heavy atom. The predicted octanol–water partition coefficient (Wildman–Crippen LogP) is 5.53. The van der Waals surface area contributed by atoms with E-state index in [-0.39, 0.29) is 24.2 Å². The van der Waals surface area contributed by atoms with E-state index < -0.39 is 12.0 Å². The van der Waals surface area contributed by atoms with Gasteiger partial charge in [-0.1, -0.05) is 67.4 Å². The first-order valence-corrected chi connectivity index (χ1v) is 14.7. The third-order valence-corrected chi connectivity index (χ3v) is 8.09. The molecule has 0 amide bonds. The zero-order valence-corrected chi connectivity index (χ0v) is 23.3. The molecule has 0 aliphatic heterocycles. The quantitative estimate of drug-likeness (QED) is 0.168. The highest BCUT2D eigenvalue weighted by Gasteiger charge is 2.39. The molecule has 7 heteroatoms. The van der Waals surface area contributed by atoms with Gasteiger partial charge in [-0.2, -0.15) is 0 Å². The van der Waals surface area contributed by atoms with Crippen LogP contribution in [0, 0.1) is 11.8 Å². The van der Waals surface area contributed by atoms with Gasteiger partial charge in [0.05, 0.1) is 6.04 Å². The molecule has 0 radical (unpaired) electrons. The van der Waals surface area contributed by atoms with Crippen LogP contribution in [0.2, 0.25) is 0 Å². The van der Waals surface area contributed by atoms with Crippen molar-refractivity contribution in [1.29, 1.82) is 0 Å². The summed E-state index contributed by atoms with van der Waals surface area (Å²) < 4.78 is 5.91.